The van der Waals surface area contributed by atoms with E-state index >= 15 is 0 Å². The highest BCUT2D eigenvalue weighted by Gasteiger charge is 2.25. The Morgan fingerprint density at radius 1 is 1.30 bits per heavy atom. The first-order valence-electron chi connectivity index (χ1n) is 9.51. The maximum atomic E-state index is 12.8. The Kier molecular flexibility index (Phi) is 6.06. The molecule has 1 aliphatic rings. The predicted molar refractivity (Wildman–Crippen MR) is 107 cm³/mol. The number of carbonyl (C=O) groups excluding carboxylic acids is 1. The van der Waals surface area contributed by atoms with Crippen molar-refractivity contribution in [1.82, 2.24) is 19.8 Å². The Bertz CT molecular complexity index is 845. The molecule has 2 heterocycles. The number of rotatable bonds is 5. The fraction of sp³-hybridized carbons (Fsp3) is 0.476. The summed E-state index contributed by atoms with van der Waals surface area (Å²) in [5, 5.41) is 0. The average molecular weight is 368 g/mol. The van der Waals surface area contributed by atoms with Crippen LogP contribution in [0.25, 0.3) is 11.4 Å². The Balaban J connectivity index is 1.73. The number of hydrogen-bond acceptors (Lipinski definition) is 4. The number of nitrogens with one attached hydrogen (secondary N) is 1. The van der Waals surface area contributed by atoms with E-state index in [9.17, 15) is 9.59 Å². The summed E-state index contributed by atoms with van der Waals surface area (Å²) in [5.41, 5.74) is 1.72. The average Bonchev–Trinajstić information content (AvgIpc) is 2.64. The van der Waals surface area contributed by atoms with Crippen molar-refractivity contribution in [2.24, 2.45) is 5.92 Å². The number of piperidine rings is 1. The lowest BCUT2D eigenvalue weighted by atomic mass is 9.97. The first kappa shape index (κ1) is 19.3. The van der Waals surface area contributed by atoms with Gasteiger partial charge in [0.05, 0.1) is 6.42 Å². The number of H-pyrrole nitrogens is 1. The number of nitrogens with zero attached hydrogens (tertiary/aromatic N) is 3. The summed E-state index contributed by atoms with van der Waals surface area (Å²) in [6.07, 6.45) is 2.28. The van der Waals surface area contributed by atoms with Gasteiger partial charge >= 0.3 is 0 Å². The van der Waals surface area contributed by atoms with E-state index < -0.39 is 0 Å². The second kappa shape index (κ2) is 8.48. The van der Waals surface area contributed by atoms with Crippen molar-refractivity contribution in [2.75, 3.05) is 33.7 Å². The summed E-state index contributed by atoms with van der Waals surface area (Å²) >= 11 is 0. The van der Waals surface area contributed by atoms with Gasteiger partial charge in [0, 0.05) is 36.5 Å². The van der Waals surface area contributed by atoms with Gasteiger partial charge in [-0.25, -0.2) is 4.98 Å². The van der Waals surface area contributed by atoms with Gasteiger partial charge in [-0.1, -0.05) is 30.3 Å². The van der Waals surface area contributed by atoms with Crippen LogP contribution in [-0.2, 0) is 11.2 Å². The summed E-state index contributed by atoms with van der Waals surface area (Å²) in [7, 11) is 4.12. The molecule has 0 saturated carbocycles. The quantitative estimate of drug-likeness (QED) is 0.877. The molecule has 1 atom stereocenters. The van der Waals surface area contributed by atoms with Crippen molar-refractivity contribution >= 4 is 5.91 Å². The summed E-state index contributed by atoms with van der Waals surface area (Å²) in [4.78, 5) is 36.8. The standard InChI is InChI=1S/C21H28N4O2/c1-15-18(21(27)23-20(22-15)17-9-5-4-6-10-17)12-19(26)25-11-7-8-16(14-25)13-24(2)3/h4-6,9-10,16H,7-8,11-14H2,1-3H3,(H,22,23,27)/t16-/m0/s1. The van der Waals surface area contributed by atoms with Crippen molar-refractivity contribution in [1.29, 1.82) is 0 Å². The lowest BCUT2D eigenvalue weighted by Crippen LogP contribution is -2.43. The molecule has 0 unspecified atom stereocenters. The number of amides is 1. The third-order valence-electron chi connectivity index (χ3n) is 5.09. The van der Waals surface area contributed by atoms with Crippen LogP contribution in [0, 0.1) is 12.8 Å². The topological polar surface area (TPSA) is 69.3 Å². The van der Waals surface area contributed by atoms with Crippen LogP contribution >= 0.6 is 0 Å². The van der Waals surface area contributed by atoms with Crippen molar-refractivity contribution in [3.63, 3.8) is 0 Å². The number of aromatic nitrogens is 2. The first-order chi connectivity index (χ1) is 12.9. The van der Waals surface area contributed by atoms with Crippen LogP contribution in [0.15, 0.2) is 35.1 Å². The third-order valence-corrected chi connectivity index (χ3v) is 5.09. The van der Waals surface area contributed by atoms with Crippen LogP contribution in [0.4, 0.5) is 0 Å². The Morgan fingerprint density at radius 2 is 2.04 bits per heavy atom. The van der Waals surface area contributed by atoms with Gasteiger partial charge in [0.2, 0.25) is 5.91 Å². The van der Waals surface area contributed by atoms with Crippen LogP contribution in [0.3, 0.4) is 0 Å². The highest BCUT2D eigenvalue weighted by atomic mass is 16.2. The van der Waals surface area contributed by atoms with Crippen LogP contribution in [0.1, 0.15) is 24.1 Å². The SMILES string of the molecule is Cc1nc(-c2ccccc2)[nH]c(=O)c1CC(=O)N1CCC[C@@H](CN(C)C)C1. The Labute approximate surface area is 160 Å². The number of carbonyl (C=O) groups is 1. The lowest BCUT2D eigenvalue weighted by Gasteiger charge is -2.34. The first-order valence-corrected chi connectivity index (χ1v) is 9.51. The van der Waals surface area contributed by atoms with E-state index in [2.05, 4.69) is 29.0 Å². The maximum Gasteiger partial charge on any atom is 0.255 e. The molecule has 144 valence electrons. The van der Waals surface area contributed by atoms with Gasteiger partial charge in [0.25, 0.3) is 5.56 Å². The van der Waals surface area contributed by atoms with Crippen LogP contribution < -0.4 is 5.56 Å². The number of benzene rings is 1. The molecule has 0 spiro atoms. The molecule has 0 radical (unpaired) electrons. The maximum absolute atomic E-state index is 12.8. The molecule has 1 aromatic carbocycles. The minimum atomic E-state index is -0.225. The summed E-state index contributed by atoms with van der Waals surface area (Å²) in [6.45, 7) is 4.32. The second-order valence-corrected chi connectivity index (χ2v) is 7.63. The van der Waals surface area contributed by atoms with E-state index in [-0.39, 0.29) is 17.9 Å². The normalized spacial score (nSPS) is 17.3. The molecule has 0 aliphatic carbocycles. The zero-order valence-corrected chi connectivity index (χ0v) is 16.4. The van der Waals surface area contributed by atoms with Crippen molar-refractivity contribution in [3.05, 3.63) is 51.9 Å². The highest BCUT2D eigenvalue weighted by molar-refractivity contribution is 5.79. The minimum Gasteiger partial charge on any atom is -0.342 e. The Morgan fingerprint density at radius 3 is 2.70 bits per heavy atom. The van der Waals surface area contributed by atoms with Gasteiger partial charge in [-0.3, -0.25) is 9.59 Å². The molecular formula is C21H28N4O2. The molecule has 1 aliphatic heterocycles. The molecule has 0 bridgehead atoms. The third kappa shape index (κ3) is 4.83. The van der Waals surface area contributed by atoms with Crippen molar-refractivity contribution in [2.45, 2.75) is 26.2 Å². The molecule has 1 aromatic heterocycles. The molecule has 6 heteroatoms. The largest absolute Gasteiger partial charge is 0.342 e. The molecule has 27 heavy (non-hydrogen) atoms. The lowest BCUT2D eigenvalue weighted by molar-refractivity contribution is -0.132. The molecule has 6 nitrogen and oxygen atoms in total. The van der Waals surface area contributed by atoms with E-state index in [0.29, 0.717) is 23.0 Å². The monoisotopic (exact) mass is 368 g/mol. The van der Waals surface area contributed by atoms with E-state index in [0.717, 1.165) is 38.0 Å². The van der Waals surface area contributed by atoms with Crippen LogP contribution in [0.5, 0.6) is 0 Å². The number of likely N-dealkylation sites (tertiary alicyclic amines) is 1. The summed E-state index contributed by atoms with van der Waals surface area (Å²) in [5.74, 6) is 1.05. The predicted octanol–water partition coefficient (Wildman–Crippen LogP) is 2.09. The zero-order valence-electron chi connectivity index (χ0n) is 16.4. The van der Waals surface area contributed by atoms with E-state index in [1.807, 2.05) is 35.2 Å². The van der Waals surface area contributed by atoms with E-state index in [4.69, 9.17) is 0 Å². The fourth-order valence-corrected chi connectivity index (χ4v) is 3.77. The molecule has 3 rings (SSSR count). The van der Waals surface area contributed by atoms with Gasteiger partial charge in [-0.2, -0.15) is 0 Å². The second-order valence-electron chi connectivity index (χ2n) is 7.63. The minimum absolute atomic E-state index is 0.0151. The van der Waals surface area contributed by atoms with Gasteiger partial charge in [0.1, 0.15) is 5.82 Å². The van der Waals surface area contributed by atoms with Gasteiger partial charge < -0.3 is 14.8 Å². The van der Waals surface area contributed by atoms with Gasteiger partial charge in [-0.05, 0) is 39.8 Å². The van der Waals surface area contributed by atoms with E-state index in [1.165, 1.54) is 0 Å². The molecule has 1 saturated heterocycles. The molecule has 1 fully saturated rings. The molecule has 1 N–H and O–H groups in total. The van der Waals surface area contributed by atoms with Gasteiger partial charge in [-0.15, -0.1) is 0 Å². The summed E-state index contributed by atoms with van der Waals surface area (Å²) < 4.78 is 0. The van der Waals surface area contributed by atoms with Crippen molar-refractivity contribution < 1.29 is 4.79 Å². The van der Waals surface area contributed by atoms with Crippen molar-refractivity contribution in [3.8, 4) is 11.4 Å². The summed E-state index contributed by atoms with van der Waals surface area (Å²) in [6, 6.07) is 9.54. The van der Waals surface area contributed by atoms with E-state index in [1.54, 1.807) is 6.92 Å². The number of aryl methyl sites for hydroxylation is 1. The number of hydrogen-bond donors (Lipinski definition) is 1. The molecule has 2 aromatic rings. The fourth-order valence-electron chi connectivity index (χ4n) is 3.77. The van der Waals surface area contributed by atoms with Crippen LogP contribution in [0.2, 0.25) is 0 Å². The number of aromatic amines is 1. The van der Waals surface area contributed by atoms with Crippen LogP contribution in [-0.4, -0.2) is 59.4 Å². The molecular weight excluding hydrogens is 340 g/mol. The van der Waals surface area contributed by atoms with Gasteiger partial charge in [0.15, 0.2) is 0 Å². The highest BCUT2D eigenvalue weighted by Crippen LogP contribution is 2.19. The molecule has 1 amide bonds. The smallest absolute Gasteiger partial charge is 0.255 e. The zero-order chi connectivity index (χ0) is 19.4. The Hall–Kier alpha value is -2.47.